The largest absolute Gasteiger partial charge is 0.311 e. The fraction of sp³-hybridized carbons (Fsp3) is 0.0488. The molecule has 0 spiro atoms. The molecule has 0 saturated carbocycles. The van der Waals surface area contributed by atoms with Crippen LogP contribution in [0.1, 0.15) is 78.4 Å². The van der Waals surface area contributed by atoms with Gasteiger partial charge in [0.05, 0.1) is 63.5 Å². The van der Waals surface area contributed by atoms with Crippen LogP contribution in [0.3, 0.4) is 0 Å². The van der Waals surface area contributed by atoms with Gasteiger partial charge in [0.15, 0.2) is 0 Å². The zero-order chi connectivity index (χ0) is 93.1. The van der Waals surface area contributed by atoms with E-state index >= 15 is 0 Å². The van der Waals surface area contributed by atoms with Crippen LogP contribution < -0.4 is 57.3 Å². The molecule has 0 bridgehead atoms. The van der Waals surface area contributed by atoms with E-state index in [9.17, 15) is 38.4 Å². The van der Waals surface area contributed by atoms with Crippen LogP contribution in [0.2, 0.25) is 0 Å². The van der Waals surface area contributed by atoms with E-state index in [0.717, 1.165) is 43.0 Å². The Morgan fingerprint density at radius 2 is 0.756 bits per heavy atom. The first kappa shape index (κ1) is 27.4. The minimum atomic E-state index is -1.75. The van der Waals surface area contributed by atoms with Gasteiger partial charge in [-0.2, -0.15) is 0 Å². The van der Waals surface area contributed by atoms with Crippen molar-refractivity contribution in [2.24, 2.45) is 0 Å². The van der Waals surface area contributed by atoms with Crippen LogP contribution in [-0.4, -0.2) is 13.4 Å². The summed E-state index contributed by atoms with van der Waals surface area (Å²) in [7, 11) is 0. The van der Waals surface area contributed by atoms with Gasteiger partial charge in [-0.25, -0.2) is 0 Å². The van der Waals surface area contributed by atoms with E-state index in [2.05, 4.69) is 0 Å². The van der Waals surface area contributed by atoms with E-state index in [1.807, 2.05) is 45.0 Å². The maximum Gasteiger partial charge on any atom is 0.252 e. The highest BCUT2D eigenvalue weighted by molar-refractivity contribution is 8.00. The average Bonchev–Trinajstić information content (AvgIpc) is 0.678. The summed E-state index contributed by atoms with van der Waals surface area (Å²) in [4.78, 5) is 5.15. The first-order chi connectivity index (χ1) is 60.1. The molecule has 4 aliphatic rings. The van der Waals surface area contributed by atoms with Gasteiger partial charge < -0.3 is 24.5 Å². The van der Waals surface area contributed by atoms with Gasteiger partial charge in [0.1, 0.15) is 0 Å². The standard InChI is InChI=1S/C82H61B2N5S/c1-82(2,3)57-48-46-56(47-49-57)66-40-22-25-43-71(66)89-74-55-78-70(84-68-42-24-27-45-73(68)88(63-38-20-9-21-39-63)77-52-65(53-79(90-78)81(77)84)86(60-32-14-6-15-33-60)61-34-16-7-17-35-61)54-69(74)83-67-41-23-26-44-72(67)87(62-36-18-8-19-37-62)75-50-64(51-76(89)80(75)83)85(58-28-10-4-11-29-58)59-30-12-5-13-31-59/h4-55H,1-3H3/i4D,5D,6D,7D,8D,9D,10D,11D,12D,13D,14D,15D,16D,17D,18D,19D,20D,21D,23D,24D,26D,27D,28D,29D,30D,31D,32D,33D,34D,35D,36D,37D,38D,39D,41D,42D,44D,45D. The van der Waals surface area contributed by atoms with E-state index in [4.69, 9.17) is 13.7 Å². The van der Waals surface area contributed by atoms with Crippen LogP contribution in [-0.2, 0) is 5.41 Å². The Labute approximate surface area is 586 Å². The smallest absolute Gasteiger partial charge is 0.252 e. The number of rotatable bonds is 10. The Hall–Kier alpha value is -10.7. The van der Waals surface area contributed by atoms with Crippen molar-refractivity contribution in [1.29, 1.82) is 0 Å². The molecule has 17 rings (SSSR count). The lowest BCUT2D eigenvalue weighted by Gasteiger charge is -2.46. The zero-order valence-electron chi connectivity index (χ0n) is 85.4. The predicted octanol–water partition coefficient (Wildman–Crippen LogP) is 18.4. The van der Waals surface area contributed by atoms with Gasteiger partial charge in [0.25, 0.3) is 6.71 Å². The molecule has 0 radical (unpaired) electrons. The molecule has 4 aliphatic heterocycles. The summed E-state index contributed by atoms with van der Waals surface area (Å²) in [6, 6.07) is -14.4. The summed E-state index contributed by atoms with van der Waals surface area (Å²) >= 11 is 0.830. The van der Waals surface area contributed by atoms with Crippen molar-refractivity contribution >= 4 is 143 Å². The van der Waals surface area contributed by atoms with Gasteiger partial charge in [0, 0.05) is 89.3 Å². The highest BCUT2D eigenvalue weighted by Gasteiger charge is 2.48. The number of nitrogens with zero attached hydrogens (tertiary/aromatic N) is 5. The summed E-state index contributed by atoms with van der Waals surface area (Å²) in [5.41, 5.74) is -7.49. The van der Waals surface area contributed by atoms with Gasteiger partial charge in [-0.1, -0.05) is 232 Å². The molecule has 0 aromatic heterocycles. The third kappa shape index (κ3) is 8.80. The average molecular weight is 1210 g/mol. The minimum Gasteiger partial charge on any atom is -0.311 e. The fourth-order valence-corrected chi connectivity index (χ4v) is 13.7. The molecule has 0 aliphatic carbocycles. The third-order valence-corrected chi connectivity index (χ3v) is 17.3. The van der Waals surface area contributed by atoms with Crippen molar-refractivity contribution < 1.29 is 52.1 Å². The maximum absolute atomic E-state index is 10.4. The van der Waals surface area contributed by atoms with Gasteiger partial charge in [0.2, 0.25) is 6.71 Å². The Bertz CT molecular complexity index is 6960. The van der Waals surface area contributed by atoms with E-state index in [1.165, 1.54) is 18.2 Å². The van der Waals surface area contributed by atoms with Crippen molar-refractivity contribution in [3.8, 4) is 11.1 Å². The molecular formula is C82H61B2N5S. The lowest BCUT2D eigenvalue weighted by atomic mass is 9.31. The SMILES string of the molecule is [2H]c1c([2H])c([2H])c(N(c2cc3c4c(c2)N(c2c([2H])c([2H])c([2H])c([2H])c2[2H])c2c([2H])c([2H])c([2H])c([2H])c2B4c2cc4c(cc2S3)N(c2ccccc2-c2ccc(C(C)(C)C)cc2)c2cc(N(c3c([2H])c([2H])c([2H])c([2H])c3[2H])c3c([2H])c([2H])c([2H])c([2H])c3[2H])cc3c2B4c2c([2H])c([2H])c([2H])c([2H])c2N3c2c([2H])c([2H])c([2H])c([2H])c2[2H])c2c([2H])c([2H])c([2H])c([2H])c2[2H])c([2H])c1[2H]. The second-order valence-electron chi connectivity index (χ2n) is 22.1. The van der Waals surface area contributed by atoms with Crippen LogP contribution in [0.25, 0.3) is 11.1 Å². The fourth-order valence-electron chi connectivity index (χ4n) is 12.5. The van der Waals surface area contributed by atoms with Gasteiger partial charge in [-0.15, -0.1) is 0 Å². The Balaban J connectivity index is 1.10. The Morgan fingerprint density at radius 3 is 1.26 bits per heavy atom. The van der Waals surface area contributed by atoms with Gasteiger partial charge in [-0.3, -0.25) is 0 Å². The summed E-state index contributed by atoms with van der Waals surface area (Å²) in [5, 5.41) is 0. The molecule has 0 N–H and O–H groups in total. The molecule has 426 valence electrons. The first-order valence-corrected chi connectivity index (χ1v) is 28.9. The number of hydrogen-bond acceptors (Lipinski definition) is 6. The van der Waals surface area contributed by atoms with Crippen LogP contribution in [0.5, 0.6) is 0 Å². The van der Waals surface area contributed by atoms with E-state index in [-0.39, 0.29) is 59.9 Å². The number of anilines is 15. The first-order valence-electron chi connectivity index (χ1n) is 47.1. The second-order valence-corrected chi connectivity index (χ2v) is 23.2. The normalized spacial score (nSPS) is 19.0. The molecule has 8 heteroatoms. The lowest BCUT2D eigenvalue weighted by Crippen LogP contribution is -2.64. The highest BCUT2D eigenvalue weighted by atomic mass is 32.2. The minimum absolute atomic E-state index is 0.00568. The molecule has 0 saturated heterocycles. The molecule has 0 unspecified atom stereocenters. The topological polar surface area (TPSA) is 16.2 Å². The molecule has 90 heavy (non-hydrogen) atoms. The molecule has 5 nitrogen and oxygen atoms in total. The highest BCUT2D eigenvalue weighted by Crippen LogP contribution is 2.52. The molecule has 0 amide bonds. The summed E-state index contributed by atoms with van der Waals surface area (Å²) < 4.78 is 360. The summed E-state index contributed by atoms with van der Waals surface area (Å²) in [5.74, 6) is 0. The second kappa shape index (κ2) is 21.6. The van der Waals surface area contributed by atoms with Crippen molar-refractivity contribution in [2.75, 3.05) is 24.5 Å². The van der Waals surface area contributed by atoms with E-state index in [0.29, 0.717) is 11.1 Å². The molecular weight excluding hydrogens is 1110 g/mol. The molecule has 13 aromatic carbocycles. The molecule has 13 aromatic rings. The Kier molecular flexibility index (Phi) is 6.57. The van der Waals surface area contributed by atoms with E-state index < -0.39 is 316 Å². The van der Waals surface area contributed by atoms with E-state index in [1.54, 1.807) is 41.3 Å². The van der Waals surface area contributed by atoms with Crippen LogP contribution in [0.15, 0.2) is 324 Å². The number of benzene rings is 13. The third-order valence-electron chi connectivity index (χ3n) is 16.2. The van der Waals surface area contributed by atoms with Crippen molar-refractivity contribution in [3.63, 3.8) is 0 Å². The predicted molar refractivity (Wildman–Crippen MR) is 384 cm³/mol. The van der Waals surface area contributed by atoms with Gasteiger partial charge in [-0.05, 0) is 165 Å². The zero-order valence-corrected chi connectivity index (χ0v) is 48.2. The van der Waals surface area contributed by atoms with Crippen molar-refractivity contribution in [1.82, 2.24) is 0 Å². The number of hydrogen-bond donors (Lipinski definition) is 0. The number of para-hydroxylation sites is 9. The van der Waals surface area contributed by atoms with Crippen molar-refractivity contribution in [2.45, 2.75) is 36.0 Å². The molecule has 0 atom stereocenters. The van der Waals surface area contributed by atoms with Crippen LogP contribution >= 0.6 is 11.8 Å². The summed E-state index contributed by atoms with van der Waals surface area (Å²) in [6.45, 7) is 2.54. The van der Waals surface area contributed by atoms with Crippen LogP contribution in [0.4, 0.5) is 85.3 Å². The quantitative estimate of drug-likeness (QED) is 0.126. The molecule has 4 heterocycles. The van der Waals surface area contributed by atoms with Crippen molar-refractivity contribution in [3.05, 3.63) is 320 Å². The molecule has 0 fully saturated rings. The van der Waals surface area contributed by atoms with Gasteiger partial charge >= 0.3 is 0 Å². The van der Waals surface area contributed by atoms with Crippen LogP contribution in [0, 0.1) is 0 Å². The monoisotopic (exact) mass is 1210 g/mol. The Morgan fingerprint density at radius 1 is 0.333 bits per heavy atom. The summed E-state index contributed by atoms with van der Waals surface area (Å²) in [6.07, 6.45) is 0. The number of fused-ring (bicyclic) bond motifs is 8. The maximum atomic E-state index is 10.4. The lowest BCUT2D eigenvalue weighted by molar-refractivity contribution is 0.590.